The Hall–Kier alpha value is -2.11. The molecule has 1 atom stereocenters. The van der Waals surface area contributed by atoms with Crippen molar-refractivity contribution in [1.82, 2.24) is 4.90 Å². The van der Waals surface area contributed by atoms with Gasteiger partial charge in [-0.1, -0.05) is 19.1 Å². The molecule has 1 fully saturated rings. The van der Waals surface area contributed by atoms with E-state index in [4.69, 9.17) is 9.84 Å². The van der Waals surface area contributed by atoms with Crippen LogP contribution in [0.15, 0.2) is 24.3 Å². The van der Waals surface area contributed by atoms with Crippen LogP contribution in [0.1, 0.15) is 26.2 Å². The summed E-state index contributed by atoms with van der Waals surface area (Å²) in [5.41, 5.74) is 0. The second-order valence-electron chi connectivity index (χ2n) is 5.38. The molecule has 120 valence electrons. The van der Waals surface area contributed by atoms with Crippen LogP contribution in [0.2, 0.25) is 0 Å². The fourth-order valence-electron chi connectivity index (χ4n) is 2.55. The molecule has 0 spiro atoms. The minimum atomic E-state index is -0.818. The van der Waals surface area contributed by atoms with E-state index in [0.717, 1.165) is 0 Å². The van der Waals surface area contributed by atoms with Crippen molar-refractivity contribution in [2.24, 2.45) is 5.92 Å². The third-order valence-corrected chi connectivity index (χ3v) is 3.91. The molecule has 1 aliphatic rings. The Morgan fingerprint density at radius 1 is 1.36 bits per heavy atom. The number of carbonyl (C=O) groups is 2. The summed E-state index contributed by atoms with van der Waals surface area (Å²) in [6.07, 6.45) is 0.554. The molecule has 2 rings (SSSR count). The first-order valence-corrected chi connectivity index (χ1v) is 7.45. The highest BCUT2D eigenvalue weighted by Gasteiger charge is 2.31. The number of carbonyl (C=O) groups excluding carboxylic acids is 1. The van der Waals surface area contributed by atoms with E-state index in [0.29, 0.717) is 32.4 Å². The van der Waals surface area contributed by atoms with Crippen LogP contribution in [-0.4, -0.2) is 41.1 Å². The Balaban J connectivity index is 1.98. The lowest BCUT2D eigenvalue weighted by Crippen LogP contribution is -2.46. The second-order valence-corrected chi connectivity index (χ2v) is 5.38. The van der Waals surface area contributed by atoms with Crippen LogP contribution in [0.25, 0.3) is 0 Å². The number of nitrogens with zero attached hydrogens (tertiary/aromatic N) is 1. The predicted molar refractivity (Wildman–Crippen MR) is 78.0 cm³/mol. The van der Waals surface area contributed by atoms with Crippen LogP contribution in [0.3, 0.4) is 0 Å². The topological polar surface area (TPSA) is 66.8 Å². The van der Waals surface area contributed by atoms with Gasteiger partial charge in [0.1, 0.15) is 0 Å². The lowest BCUT2D eigenvalue weighted by Gasteiger charge is -2.32. The van der Waals surface area contributed by atoms with Gasteiger partial charge in [-0.15, -0.1) is 0 Å². The standard InChI is InChI=1S/C16H20FNO4/c1-2-13(22-14-6-4-3-5-12(14)17)15(19)18-9-7-11(8-10-18)16(20)21/h3-6,11,13H,2,7-10H2,1H3,(H,20,21)/t13-/m0/s1. The van der Waals surface area contributed by atoms with E-state index >= 15 is 0 Å². The zero-order valence-electron chi connectivity index (χ0n) is 12.5. The molecule has 0 aliphatic carbocycles. The Morgan fingerprint density at radius 3 is 2.55 bits per heavy atom. The molecule has 1 heterocycles. The smallest absolute Gasteiger partial charge is 0.306 e. The van der Waals surface area contributed by atoms with Gasteiger partial charge < -0.3 is 14.7 Å². The molecule has 0 radical (unpaired) electrons. The number of amides is 1. The summed E-state index contributed by atoms with van der Waals surface area (Å²) in [4.78, 5) is 25.0. The lowest BCUT2D eigenvalue weighted by molar-refractivity contribution is -0.147. The van der Waals surface area contributed by atoms with Crippen LogP contribution in [0, 0.1) is 11.7 Å². The number of hydrogen-bond donors (Lipinski definition) is 1. The van der Waals surface area contributed by atoms with E-state index in [1.54, 1.807) is 24.0 Å². The van der Waals surface area contributed by atoms with Crippen molar-refractivity contribution in [1.29, 1.82) is 0 Å². The first-order valence-electron chi connectivity index (χ1n) is 7.45. The van der Waals surface area contributed by atoms with Crippen molar-refractivity contribution in [3.05, 3.63) is 30.1 Å². The van der Waals surface area contributed by atoms with Gasteiger partial charge >= 0.3 is 5.97 Å². The fraction of sp³-hybridized carbons (Fsp3) is 0.500. The number of likely N-dealkylation sites (tertiary alicyclic amines) is 1. The summed E-state index contributed by atoms with van der Waals surface area (Å²) in [5.74, 6) is -1.87. The number of rotatable bonds is 5. The van der Waals surface area contributed by atoms with Gasteiger partial charge in [-0.2, -0.15) is 0 Å². The number of aliphatic carboxylic acids is 1. The highest BCUT2D eigenvalue weighted by Crippen LogP contribution is 2.22. The third kappa shape index (κ3) is 3.75. The molecule has 1 N–H and O–H groups in total. The number of hydrogen-bond acceptors (Lipinski definition) is 3. The van der Waals surface area contributed by atoms with Gasteiger partial charge in [0, 0.05) is 13.1 Å². The van der Waals surface area contributed by atoms with Gasteiger partial charge in [0.15, 0.2) is 17.7 Å². The van der Waals surface area contributed by atoms with E-state index in [-0.39, 0.29) is 11.7 Å². The average Bonchev–Trinajstić information content (AvgIpc) is 2.53. The summed E-state index contributed by atoms with van der Waals surface area (Å²) in [6, 6.07) is 5.97. The molecule has 1 aromatic rings. The number of halogens is 1. The molecular weight excluding hydrogens is 289 g/mol. The third-order valence-electron chi connectivity index (χ3n) is 3.91. The predicted octanol–water partition coefficient (Wildman–Crippen LogP) is 2.31. The summed E-state index contributed by atoms with van der Waals surface area (Å²) in [6.45, 7) is 2.59. The Kier molecular flexibility index (Phi) is 5.35. The van der Waals surface area contributed by atoms with E-state index in [1.165, 1.54) is 12.1 Å². The molecule has 6 heteroatoms. The molecule has 1 aromatic carbocycles. The Morgan fingerprint density at radius 2 is 2.00 bits per heavy atom. The van der Waals surface area contributed by atoms with Crippen LogP contribution in [0.5, 0.6) is 5.75 Å². The zero-order chi connectivity index (χ0) is 16.1. The molecule has 1 aliphatic heterocycles. The van der Waals surface area contributed by atoms with Crippen molar-refractivity contribution >= 4 is 11.9 Å². The molecule has 0 unspecified atom stereocenters. The van der Waals surface area contributed by atoms with Crippen molar-refractivity contribution in [3.63, 3.8) is 0 Å². The van der Waals surface area contributed by atoms with Gasteiger partial charge in [-0.05, 0) is 31.4 Å². The summed E-state index contributed by atoms with van der Waals surface area (Å²) >= 11 is 0. The Labute approximate surface area is 128 Å². The van der Waals surface area contributed by atoms with Crippen LogP contribution in [0.4, 0.5) is 4.39 Å². The van der Waals surface area contributed by atoms with Crippen molar-refractivity contribution in [2.75, 3.05) is 13.1 Å². The van der Waals surface area contributed by atoms with Crippen LogP contribution in [-0.2, 0) is 9.59 Å². The molecule has 0 aromatic heterocycles. The minimum Gasteiger partial charge on any atom is -0.481 e. The maximum absolute atomic E-state index is 13.6. The summed E-state index contributed by atoms with van der Waals surface area (Å²) < 4.78 is 19.1. The maximum Gasteiger partial charge on any atom is 0.306 e. The molecule has 0 bridgehead atoms. The molecule has 5 nitrogen and oxygen atoms in total. The van der Waals surface area contributed by atoms with E-state index in [9.17, 15) is 14.0 Å². The highest BCUT2D eigenvalue weighted by molar-refractivity contribution is 5.81. The normalized spacial score (nSPS) is 17.1. The SMILES string of the molecule is CC[C@H](Oc1ccccc1F)C(=O)N1CCC(C(=O)O)CC1. The summed E-state index contributed by atoms with van der Waals surface area (Å²) in [7, 11) is 0. The average molecular weight is 309 g/mol. The van der Waals surface area contributed by atoms with Crippen molar-refractivity contribution in [2.45, 2.75) is 32.3 Å². The Bertz CT molecular complexity index is 541. The van der Waals surface area contributed by atoms with Crippen molar-refractivity contribution < 1.29 is 23.8 Å². The number of para-hydroxylation sites is 1. The van der Waals surface area contributed by atoms with Gasteiger partial charge in [-0.3, -0.25) is 9.59 Å². The maximum atomic E-state index is 13.6. The van der Waals surface area contributed by atoms with Gasteiger partial charge in [0.2, 0.25) is 0 Å². The van der Waals surface area contributed by atoms with Crippen LogP contribution < -0.4 is 4.74 Å². The summed E-state index contributed by atoms with van der Waals surface area (Å²) in [5, 5.41) is 8.97. The van der Waals surface area contributed by atoms with E-state index < -0.39 is 23.8 Å². The number of benzene rings is 1. The number of piperidine rings is 1. The fourth-order valence-corrected chi connectivity index (χ4v) is 2.55. The molecular formula is C16H20FNO4. The molecule has 1 saturated heterocycles. The number of carboxylic acids is 1. The van der Waals surface area contributed by atoms with Gasteiger partial charge in [0.05, 0.1) is 5.92 Å². The van der Waals surface area contributed by atoms with E-state index in [2.05, 4.69) is 0 Å². The van der Waals surface area contributed by atoms with Gasteiger partial charge in [-0.25, -0.2) is 4.39 Å². The molecule has 0 saturated carbocycles. The van der Waals surface area contributed by atoms with Crippen LogP contribution >= 0.6 is 0 Å². The number of carboxylic acid groups (broad SMARTS) is 1. The zero-order valence-corrected chi connectivity index (χ0v) is 12.5. The minimum absolute atomic E-state index is 0.0584. The van der Waals surface area contributed by atoms with E-state index in [1.807, 2.05) is 0 Å². The molecule has 22 heavy (non-hydrogen) atoms. The van der Waals surface area contributed by atoms with Crippen molar-refractivity contribution in [3.8, 4) is 5.75 Å². The number of ether oxygens (including phenoxy) is 1. The monoisotopic (exact) mass is 309 g/mol. The quantitative estimate of drug-likeness (QED) is 0.906. The lowest BCUT2D eigenvalue weighted by atomic mass is 9.96. The highest BCUT2D eigenvalue weighted by atomic mass is 19.1. The van der Waals surface area contributed by atoms with Gasteiger partial charge in [0.25, 0.3) is 5.91 Å². The largest absolute Gasteiger partial charge is 0.481 e. The first-order chi connectivity index (χ1) is 10.5. The second kappa shape index (κ2) is 7.24. The molecule has 1 amide bonds. The first kappa shape index (κ1) is 16.3.